The van der Waals surface area contributed by atoms with Crippen LogP contribution in [0.5, 0.6) is 11.5 Å². The van der Waals surface area contributed by atoms with Crippen LogP contribution in [-0.4, -0.2) is 88.9 Å². The topological polar surface area (TPSA) is 180 Å². The molecule has 11 nitrogen and oxygen atoms in total. The van der Waals surface area contributed by atoms with Crippen molar-refractivity contribution in [3.05, 3.63) is 58.9 Å². The molecule has 6 N–H and O–H groups in total. The first kappa shape index (κ1) is 29.3. The van der Waals surface area contributed by atoms with E-state index in [4.69, 9.17) is 15.2 Å². The summed E-state index contributed by atoms with van der Waals surface area (Å²) in [5, 5.41) is 45.3. The highest BCUT2D eigenvalue weighted by Crippen LogP contribution is 2.53. The fraction of sp³-hybridized carbons (Fsp3) is 0.387. The van der Waals surface area contributed by atoms with Crippen molar-refractivity contribution in [3.8, 4) is 22.6 Å². The lowest BCUT2D eigenvalue weighted by molar-refractivity contribution is -0.184. The number of ketones is 2. The summed E-state index contributed by atoms with van der Waals surface area (Å²) in [6, 6.07) is 7.61. The van der Waals surface area contributed by atoms with Gasteiger partial charge in [-0.05, 0) is 73.8 Å². The molecule has 0 bridgehead atoms. The van der Waals surface area contributed by atoms with Crippen LogP contribution in [0.25, 0.3) is 23.0 Å². The molecule has 1 amide bonds. The molecule has 2 aromatic rings. The summed E-state index contributed by atoms with van der Waals surface area (Å²) < 4.78 is 10.7. The Morgan fingerprint density at radius 2 is 1.83 bits per heavy atom. The van der Waals surface area contributed by atoms with E-state index in [0.717, 1.165) is 5.56 Å². The summed E-state index contributed by atoms with van der Waals surface area (Å²) in [5.41, 5.74) is 5.19. The molecule has 3 aliphatic rings. The lowest BCUT2D eigenvalue weighted by atomic mass is 9.54. The van der Waals surface area contributed by atoms with Gasteiger partial charge in [0.05, 0.1) is 32.1 Å². The second kappa shape index (κ2) is 10.6. The van der Waals surface area contributed by atoms with Gasteiger partial charge in [0, 0.05) is 23.1 Å². The zero-order valence-electron chi connectivity index (χ0n) is 23.7. The third-order valence-corrected chi connectivity index (χ3v) is 8.88. The number of aliphatic hydroxyl groups excluding tert-OH is 2. The van der Waals surface area contributed by atoms with E-state index in [1.165, 1.54) is 26.5 Å². The third kappa shape index (κ3) is 4.19. The third-order valence-electron chi connectivity index (χ3n) is 8.88. The first-order chi connectivity index (χ1) is 19.9. The number of phenols is 1. The fourth-order valence-electron chi connectivity index (χ4n) is 7.04. The fourth-order valence-corrected chi connectivity index (χ4v) is 7.04. The van der Waals surface area contributed by atoms with Crippen molar-refractivity contribution in [2.75, 3.05) is 28.3 Å². The molecule has 0 aliphatic heterocycles. The molecular formula is C31H34N2O9. The normalized spacial score (nSPS) is 28.9. The molecule has 222 valence electrons. The summed E-state index contributed by atoms with van der Waals surface area (Å²) in [6.07, 6.45) is 1.93. The second-order valence-electron chi connectivity index (χ2n) is 11.3. The van der Waals surface area contributed by atoms with Crippen molar-refractivity contribution in [2.24, 2.45) is 23.5 Å². The van der Waals surface area contributed by atoms with Crippen LogP contribution in [0, 0.1) is 17.8 Å². The molecule has 42 heavy (non-hydrogen) atoms. The van der Waals surface area contributed by atoms with Gasteiger partial charge in [0.2, 0.25) is 11.7 Å². The molecule has 2 unspecified atom stereocenters. The number of aromatic hydroxyl groups is 1. The number of hydrogen-bond donors (Lipinski definition) is 5. The average molecular weight is 579 g/mol. The number of nitrogens with zero attached hydrogens (tertiary/aromatic N) is 1. The highest BCUT2D eigenvalue weighted by Gasteiger charge is 2.67. The summed E-state index contributed by atoms with van der Waals surface area (Å²) in [7, 11) is 6.28. The van der Waals surface area contributed by atoms with Gasteiger partial charge in [0.25, 0.3) is 0 Å². The van der Waals surface area contributed by atoms with E-state index in [9.17, 15) is 34.8 Å². The number of ether oxygens (including phenoxy) is 2. The Bertz CT molecular complexity index is 1550. The van der Waals surface area contributed by atoms with Gasteiger partial charge in [-0.15, -0.1) is 0 Å². The Morgan fingerprint density at radius 1 is 1.12 bits per heavy atom. The number of Topliss-reactive ketones (excluding diaryl/α,β-unsaturated/α-hetero) is 2. The maximum atomic E-state index is 14.0. The number of nitrogens with two attached hydrogens (primary N) is 1. The van der Waals surface area contributed by atoms with E-state index < -0.39 is 58.7 Å². The predicted octanol–water partition coefficient (Wildman–Crippen LogP) is 1.42. The number of aliphatic hydroxyl groups is 3. The van der Waals surface area contributed by atoms with Gasteiger partial charge in [-0.2, -0.15) is 0 Å². The number of hydrogen-bond acceptors (Lipinski definition) is 10. The summed E-state index contributed by atoms with van der Waals surface area (Å²) in [4.78, 5) is 41.3. The van der Waals surface area contributed by atoms with Crippen LogP contribution in [0.3, 0.4) is 0 Å². The van der Waals surface area contributed by atoms with Crippen LogP contribution in [0.2, 0.25) is 0 Å². The van der Waals surface area contributed by atoms with E-state index in [1.54, 1.807) is 37.2 Å². The SMILES string of the molecule is CO/C=C/c1ccc(OC)c(-c2ccc(O)c3c2C[C@@H]2C[C@@H]4[C@@H](N(C)C)C(O)C(C(N)=O)C(=O)[C@]4(O)C(=O)C2=C3O)c1. The lowest BCUT2D eigenvalue weighted by Gasteiger charge is -2.53. The number of rotatable bonds is 6. The van der Waals surface area contributed by atoms with Gasteiger partial charge in [0.15, 0.2) is 11.4 Å². The van der Waals surface area contributed by atoms with Crippen molar-refractivity contribution < 1.29 is 44.3 Å². The quantitative estimate of drug-likeness (QED) is 0.249. The molecular weight excluding hydrogens is 544 g/mol. The first-order valence-electron chi connectivity index (χ1n) is 13.5. The Kier molecular flexibility index (Phi) is 7.38. The number of amides is 1. The number of methoxy groups -OCH3 is 2. The molecule has 6 atom stereocenters. The molecule has 11 heteroatoms. The van der Waals surface area contributed by atoms with Gasteiger partial charge in [-0.3, -0.25) is 14.4 Å². The lowest BCUT2D eigenvalue weighted by Crippen LogP contribution is -2.73. The minimum absolute atomic E-state index is 0.00736. The van der Waals surface area contributed by atoms with Crippen LogP contribution in [-0.2, 0) is 25.5 Å². The zero-order valence-corrected chi connectivity index (χ0v) is 23.7. The molecule has 0 aromatic heterocycles. The number of carbonyl (C=O) groups excluding carboxylic acids is 3. The second-order valence-corrected chi connectivity index (χ2v) is 11.3. The maximum absolute atomic E-state index is 14.0. The van der Waals surface area contributed by atoms with Gasteiger partial charge in [-0.1, -0.05) is 12.1 Å². The molecule has 3 aliphatic carbocycles. The molecule has 0 heterocycles. The smallest absolute Gasteiger partial charge is 0.230 e. The van der Waals surface area contributed by atoms with Crippen molar-refractivity contribution in [1.29, 1.82) is 0 Å². The number of carbonyl (C=O) groups is 3. The highest BCUT2D eigenvalue weighted by molar-refractivity contribution is 6.25. The Hall–Kier alpha value is -4.19. The molecule has 0 radical (unpaired) electrons. The number of likely N-dealkylation sites (N-methyl/N-ethyl adjacent to an activating group) is 1. The highest BCUT2D eigenvalue weighted by atomic mass is 16.5. The van der Waals surface area contributed by atoms with Crippen molar-refractivity contribution in [2.45, 2.75) is 30.6 Å². The van der Waals surface area contributed by atoms with Gasteiger partial charge in [-0.25, -0.2) is 0 Å². The number of benzene rings is 2. The number of primary amides is 1. The maximum Gasteiger partial charge on any atom is 0.230 e. The monoisotopic (exact) mass is 578 g/mol. The molecule has 2 fully saturated rings. The van der Waals surface area contributed by atoms with Crippen LogP contribution in [0.4, 0.5) is 0 Å². The molecule has 0 saturated heterocycles. The van der Waals surface area contributed by atoms with Crippen LogP contribution >= 0.6 is 0 Å². The average Bonchev–Trinajstić information content (AvgIpc) is 2.93. The van der Waals surface area contributed by atoms with Gasteiger partial charge in [0.1, 0.15) is 23.2 Å². The number of phenolic OH excluding ortho intramolecular Hbond substituents is 1. The molecule has 5 rings (SSSR count). The van der Waals surface area contributed by atoms with Crippen molar-refractivity contribution in [1.82, 2.24) is 4.90 Å². The van der Waals surface area contributed by atoms with E-state index in [1.807, 2.05) is 12.1 Å². The summed E-state index contributed by atoms with van der Waals surface area (Å²) in [6.45, 7) is 0. The number of fused-ring (bicyclic) bond motifs is 3. The Morgan fingerprint density at radius 3 is 2.45 bits per heavy atom. The van der Waals surface area contributed by atoms with Crippen molar-refractivity contribution >= 4 is 29.3 Å². The largest absolute Gasteiger partial charge is 0.507 e. The molecule has 0 spiro atoms. The van der Waals surface area contributed by atoms with Gasteiger partial charge < -0.3 is 40.5 Å². The van der Waals surface area contributed by atoms with E-state index in [0.29, 0.717) is 22.4 Å². The predicted molar refractivity (Wildman–Crippen MR) is 152 cm³/mol. The zero-order chi connectivity index (χ0) is 30.7. The molecule has 2 aromatic carbocycles. The van der Waals surface area contributed by atoms with Crippen LogP contribution < -0.4 is 10.5 Å². The van der Waals surface area contributed by atoms with Crippen LogP contribution in [0.1, 0.15) is 23.1 Å². The van der Waals surface area contributed by atoms with Crippen LogP contribution in [0.15, 0.2) is 42.2 Å². The minimum Gasteiger partial charge on any atom is -0.507 e. The minimum atomic E-state index is -2.70. The summed E-state index contributed by atoms with van der Waals surface area (Å²) in [5.74, 6) is -7.31. The molecule has 2 saturated carbocycles. The summed E-state index contributed by atoms with van der Waals surface area (Å²) >= 11 is 0. The van der Waals surface area contributed by atoms with Gasteiger partial charge >= 0.3 is 0 Å². The van der Waals surface area contributed by atoms with E-state index in [2.05, 4.69) is 0 Å². The standard InChI is InChI=1S/C31H34N2O9/c1-33(2)25-19-13-15-12-18-16(17-11-14(9-10-41-3)5-8-21(17)42-4)6-7-20(34)23(18)26(35)22(15)28(37)31(19,40)29(38)24(27(25)36)30(32)39/h5-11,15,19,24-25,27,34-36,40H,12-13H2,1-4H3,(H2,32,39)/b10-9+/t15-,19-,24?,25-,27?,31-/m1/s1. The first-order valence-corrected chi connectivity index (χ1v) is 13.5. The Balaban J connectivity index is 1.71. The Labute approximate surface area is 242 Å². The van der Waals surface area contributed by atoms with E-state index >= 15 is 0 Å². The van der Waals surface area contributed by atoms with E-state index in [-0.39, 0.29) is 29.7 Å². The van der Waals surface area contributed by atoms with Crippen molar-refractivity contribution in [3.63, 3.8) is 0 Å².